The fourth-order valence-corrected chi connectivity index (χ4v) is 2.87. The standard InChI is InChI=1S/C17H18FN3/c1-11-7-8-13(12(2)9-11)16-10-20-17(19)21(16)15-6-4-3-5-14(15)18/h3-9,16H,10H2,1-2H3,(H2,19,20). The van der Waals surface area contributed by atoms with Gasteiger partial charge in [-0.2, -0.15) is 0 Å². The second-order valence-electron chi connectivity index (χ2n) is 5.40. The molecule has 1 unspecified atom stereocenters. The lowest BCUT2D eigenvalue weighted by molar-refractivity contribution is 0.619. The van der Waals surface area contributed by atoms with Crippen molar-refractivity contribution in [3.05, 3.63) is 65.0 Å². The molecule has 1 aliphatic rings. The van der Waals surface area contributed by atoms with Gasteiger partial charge in [-0.05, 0) is 37.1 Å². The van der Waals surface area contributed by atoms with E-state index in [1.165, 1.54) is 17.2 Å². The fraction of sp³-hybridized carbons (Fsp3) is 0.235. The largest absolute Gasteiger partial charge is 0.369 e. The molecule has 2 aromatic rings. The molecular weight excluding hydrogens is 265 g/mol. The molecule has 0 radical (unpaired) electrons. The third-order valence-electron chi connectivity index (χ3n) is 3.88. The Bertz CT molecular complexity index is 709. The van der Waals surface area contributed by atoms with Crippen molar-refractivity contribution in [2.75, 3.05) is 11.4 Å². The van der Waals surface area contributed by atoms with E-state index in [4.69, 9.17) is 5.73 Å². The van der Waals surface area contributed by atoms with Gasteiger partial charge in [-0.1, -0.05) is 35.9 Å². The van der Waals surface area contributed by atoms with Crippen LogP contribution in [0.25, 0.3) is 0 Å². The molecule has 0 saturated carbocycles. The van der Waals surface area contributed by atoms with E-state index in [0.29, 0.717) is 18.2 Å². The van der Waals surface area contributed by atoms with Crippen molar-refractivity contribution in [1.29, 1.82) is 0 Å². The van der Waals surface area contributed by atoms with Gasteiger partial charge in [0.15, 0.2) is 5.96 Å². The van der Waals surface area contributed by atoms with Crippen LogP contribution in [0, 0.1) is 19.7 Å². The Morgan fingerprint density at radius 1 is 1.19 bits per heavy atom. The lowest BCUT2D eigenvalue weighted by Crippen LogP contribution is -2.37. The van der Waals surface area contributed by atoms with Crippen molar-refractivity contribution in [2.45, 2.75) is 19.9 Å². The maximum Gasteiger partial charge on any atom is 0.196 e. The molecule has 0 spiro atoms. The number of benzene rings is 2. The van der Waals surface area contributed by atoms with Gasteiger partial charge in [-0.15, -0.1) is 0 Å². The average molecular weight is 283 g/mol. The van der Waals surface area contributed by atoms with Crippen LogP contribution >= 0.6 is 0 Å². The number of rotatable bonds is 2. The second kappa shape index (κ2) is 5.20. The Balaban J connectivity index is 2.05. The first-order chi connectivity index (χ1) is 10.1. The maximum absolute atomic E-state index is 14.1. The van der Waals surface area contributed by atoms with E-state index in [0.717, 1.165) is 5.56 Å². The van der Waals surface area contributed by atoms with E-state index in [1.54, 1.807) is 17.0 Å². The Kier molecular flexibility index (Phi) is 3.37. The number of nitrogens with two attached hydrogens (primary N) is 1. The Morgan fingerprint density at radius 2 is 1.95 bits per heavy atom. The van der Waals surface area contributed by atoms with Crippen LogP contribution in [0.2, 0.25) is 0 Å². The third-order valence-corrected chi connectivity index (χ3v) is 3.88. The number of para-hydroxylation sites is 1. The first-order valence-electron chi connectivity index (χ1n) is 6.99. The summed E-state index contributed by atoms with van der Waals surface area (Å²) in [5.74, 6) is 0.0809. The van der Waals surface area contributed by atoms with Gasteiger partial charge in [0, 0.05) is 0 Å². The van der Waals surface area contributed by atoms with Crippen LogP contribution < -0.4 is 10.6 Å². The van der Waals surface area contributed by atoms with Gasteiger partial charge in [0.25, 0.3) is 0 Å². The van der Waals surface area contributed by atoms with Crippen LogP contribution in [-0.2, 0) is 0 Å². The zero-order valence-electron chi connectivity index (χ0n) is 12.2. The second-order valence-corrected chi connectivity index (χ2v) is 5.40. The average Bonchev–Trinajstić information content (AvgIpc) is 2.81. The van der Waals surface area contributed by atoms with Crippen LogP contribution in [-0.4, -0.2) is 12.5 Å². The smallest absolute Gasteiger partial charge is 0.196 e. The molecule has 21 heavy (non-hydrogen) atoms. The van der Waals surface area contributed by atoms with Crippen molar-refractivity contribution in [3.63, 3.8) is 0 Å². The monoisotopic (exact) mass is 283 g/mol. The summed E-state index contributed by atoms with van der Waals surface area (Å²) in [5, 5.41) is 0. The van der Waals surface area contributed by atoms with Gasteiger partial charge in [0.1, 0.15) is 5.82 Å². The summed E-state index contributed by atoms with van der Waals surface area (Å²) >= 11 is 0. The summed E-state index contributed by atoms with van der Waals surface area (Å²) in [4.78, 5) is 6.09. The molecular formula is C17H18FN3. The Morgan fingerprint density at radius 3 is 2.67 bits per heavy atom. The first kappa shape index (κ1) is 13.6. The lowest BCUT2D eigenvalue weighted by Gasteiger charge is -2.28. The summed E-state index contributed by atoms with van der Waals surface area (Å²) in [6.45, 7) is 4.67. The molecule has 3 rings (SSSR count). The summed E-state index contributed by atoms with van der Waals surface area (Å²) in [5.41, 5.74) is 9.98. The quantitative estimate of drug-likeness (QED) is 0.918. The summed E-state index contributed by atoms with van der Waals surface area (Å²) in [6.07, 6.45) is 0. The minimum Gasteiger partial charge on any atom is -0.369 e. The van der Waals surface area contributed by atoms with E-state index >= 15 is 0 Å². The van der Waals surface area contributed by atoms with Gasteiger partial charge in [0.05, 0.1) is 18.3 Å². The molecule has 0 aromatic heterocycles. The first-order valence-corrected chi connectivity index (χ1v) is 6.99. The van der Waals surface area contributed by atoms with Crippen LogP contribution in [0.3, 0.4) is 0 Å². The summed E-state index contributed by atoms with van der Waals surface area (Å²) in [7, 11) is 0. The van der Waals surface area contributed by atoms with Gasteiger partial charge >= 0.3 is 0 Å². The Hall–Kier alpha value is -2.36. The van der Waals surface area contributed by atoms with E-state index < -0.39 is 0 Å². The van der Waals surface area contributed by atoms with E-state index in [-0.39, 0.29) is 11.9 Å². The molecule has 1 aliphatic heterocycles. The molecule has 1 atom stereocenters. The molecule has 2 aromatic carbocycles. The van der Waals surface area contributed by atoms with Crippen molar-refractivity contribution in [2.24, 2.45) is 10.7 Å². The molecule has 4 heteroatoms. The van der Waals surface area contributed by atoms with Gasteiger partial charge in [-0.3, -0.25) is 4.99 Å². The van der Waals surface area contributed by atoms with E-state index in [2.05, 4.69) is 37.0 Å². The number of halogens is 1. The molecule has 108 valence electrons. The van der Waals surface area contributed by atoms with Crippen LogP contribution in [0.15, 0.2) is 47.5 Å². The van der Waals surface area contributed by atoms with Crippen molar-refractivity contribution in [1.82, 2.24) is 0 Å². The van der Waals surface area contributed by atoms with Crippen molar-refractivity contribution < 1.29 is 4.39 Å². The van der Waals surface area contributed by atoms with Crippen molar-refractivity contribution >= 4 is 11.6 Å². The zero-order valence-corrected chi connectivity index (χ0v) is 12.2. The topological polar surface area (TPSA) is 41.6 Å². The zero-order chi connectivity index (χ0) is 15.0. The number of aryl methyl sites for hydroxylation is 2. The van der Waals surface area contributed by atoms with Crippen LogP contribution in [0.5, 0.6) is 0 Å². The van der Waals surface area contributed by atoms with Gasteiger partial charge < -0.3 is 10.6 Å². The highest BCUT2D eigenvalue weighted by Gasteiger charge is 2.31. The van der Waals surface area contributed by atoms with Crippen LogP contribution in [0.1, 0.15) is 22.7 Å². The SMILES string of the molecule is Cc1ccc(C2CN=C(N)N2c2ccccc2F)c(C)c1. The van der Waals surface area contributed by atoms with E-state index in [1.807, 2.05) is 6.07 Å². The number of hydrogen-bond donors (Lipinski definition) is 1. The maximum atomic E-state index is 14.1. The molecule has 0 bridgehead atoms. The number of hydrogen-bond acceptors (Lipinski definition) is 3. The highest BCUT2D eigenvalue weighted by molar-refractivity contribution is 5.97. The third kappa shape index (κ3) is 2.37. The fourth-order valence-electron chi connectivity index (χ4n) is 2.87. The minimum atomic E-state index is -0.285. The normalized spacial score (nSPS) is 18.0. The highest BCUT2D eigenvalue weighted by Crippen LogP contribution is 2.34. The number of nitrogens with zero attached hydrogens (tertiary/aromatic N) is 2. The molecule has 3 nitrogen and oxygen atoms in total. The van der Waals surface area contributed by atoms with E-state index in [9.17, 15) is 4.39 Å². The minimum absolute atomic E-state index is 0.0532. The van der Waals surface area contributed by atoms with Gasteiger partial charge in [0.2, 0.25) is 0 Å². The van der Waals surface area contributed by atoms with Crippen molar-refractivity contribution in [3.8, 4) is 0 Å². The molecule has 0 fully saturated rings. The molecule has 0 aliphatic carbocycles. The molecule has 0 saturated heterocycles. The predicted octanol–water partition coefficient (Wildman–Crippen LogP) is 3.32. The Labute approximate surface area is 123 Å². The molecule has 2 N–H and O–H groups in total. The molecule has 1 heterocycles. The van der Waals surface area contributed by atoms with Gasteiger partial charge in [-0.25, -0.2) is 4.39 Å². The number of anilines is 1. The predicted molar refractivity (Wildman–Crippen MR) is 84.0 cm³/mol. The van der Waals surface area contributed by atoms with Crippen LogP contribution in [0.4, 0.5) is 10.1 Å². The summed E-state index contributed by atoms with van der Waals surface area (Å²) in [6, 6.07) is 12.9. The number of guanidine groups is 1. The number of aliphatic imine (C=N–C) groups is 1. The molecule has 0 amide bonds. The lowest BCUT2D eigenvalue weighted by atomic mass is 9.98. The summed E-state index contributed by atoms with van der Waals surface area (Å²) < 4.78 is 14.1. The highest BCUT2D eigenvalue weighted by atomic mass is 19.1.